The number of aromatic nitrogens is 2. The van der Waals surface area contributed by atoms with E-state index in [1.54, 1.807) is 0 Å². The van der Waals surface area contributed by atoms with E-state index >= 15 is 0 Å². The van der Waals surface area contributed by atoms with E-state index in [1.165, 1.54) is 16.3 Å². The molecule has 1 radical (unpaired) electrons. The van der Waals surface area contributed by atoms with E-state index in [2.05, 4.69) is 102 Å². The molecule has 0 aliphatic heterocycles. The summed E-state index contributed by atoms with van der Waals surface area (Å²) in [5.41, 5.74) is 8.28. The molecule has 43 heavy (non-hydrogen) atoms. The number of para-hydroxylation sites is 1. The van der Waals surface area contributed by atoms with Gasteiger partial charge in [0, 0.05) is 37.9 Å². The predicted molar refractivity (Wildman–Crippen MR) is 177 cm³/mol. The van der Waals surface area contributed by atoms with Crippen molar-refractivity contribution in [1.82, 2.24) is 9.97 Å². The molecule has 7 rings (SSSR count). The molecule has 3 aromatic heterocycles. The zero-order chi connectivity index (χ0) is 28.9. The summed E-state index contributed by atoms with van der Waals surface area (Å²) in [7, 11) is -1.23. The fourth-order valence-corrected chi connectivity index (χ4v) is 5.97. The molecular formula is C38H32IrN2OSi-2. The van der Waals surface area contributed by atoms with Crippen LogP contribution in [0.25, 0.3) is 44.5 Å². The van der Waals surface area contributed by atoms with Gasteiger partial charge in [0.05, 0.1) is 13.7 Å². The van der Waals surface area contributed by atoms with Gasteiger partial charge in [-0.1, -0.05) is 91.8 Å². The van der Waals surface area contributed by atoms with Crippen molar-refractivity contribution in [3.63, 3.8) is 0 Å². The molecule has 0 atom stereocenters. The topological polar surface area (TPSA) is 38.9 Å². The van der Waals surface area contributed by atoms with Crippen LogP contribution in [0.4, 0.5) is 0 Å². The standard InChI is InChI=1S/C24H16NO.C14H16NSi.Ir/c1-2-6-17(7-3-1)14-18-12-13-25-22(15-18)19-10-11-24-21(16-19)20-8-4-5-9-23(20)26-24;1-16(2,3)13-9-10-14(15-11-13)12-7-5-4-6-8-12;/h1-9,11-13,15-16H,14H2;4-7,9-11H,1-3H3;/q2*-1;. The maximum Gasteiger partial charge on any atom is 0.120 e. The van der Waals surface area contributed by atoms with E-state index in [-0.39, 0.29) is 20.1 Å². The van der Waals surface area contributed by atoms with Gasteiger partial charge in [0.1, 0.15) is 5.58 Å². The molecule has 0 N–H and O–H groups in total. The molecule has 0 saturated carbocycles. The van der Waals surface area contributed by atoms with Crippen LogP contribution in [0.1, 0.15) is 11.1 Å². The van der Waals surface area contributed by atoms with Crippen molar-refractivity contribution in [2.75, 3.05) is 0 Å². The van der Waals surface area contributed by atoms with Crippen LogP contribution in [0, 0.1) is 12.1 Å². The number of fused-ring (bicyclic) bond motifs is 3. The summed E-state index contributed by atoms with van der Waals surface area (Å²) in [6.45, 7) is 7.00. The molecule has 0 amide bonds. The minimum atomic E-state index is -1.23. The number of nitrogens with zero attached hydrogens (tertiary/aromatic N) is 2. The number of hydrogen-bond acceptors (Lipinski definition) is 3. The quantitative estimate of drug-likeness (QED) is 0.130. The zero-order valence-corrected chi connectivity index (χ0v) is 27.9. The molecule has 0 fully saturated rings. The monoisotopic (exact) mass is 753 g/mol. The summed E-state index contributed by atoms with van der Waals surface area (Å²) in [5.74, 6) is 0. The SMILES string of the molecule is C[Si](C)(C)c1ccc(-c2[c-]cccc2)nc1.[Ir].[c-]1cc2oc3ccccc3c2cc1-c1cc(Cc2ccccc2)ccn1. The molecular weight excluding hydrogens is 721 g/mol. The van der Waals surface area contributed by atoms with E-state index in [1.807, 2.05) is 67.0 Å². The smallest absolute Gasteiger partial charge is 0.120 e. The fourth-order valence-electron chi connectivity index (χ4n) is 4.93. The molecule has 0 bridgehead atoms. The second-order valence-electron chi connectivity index (χ2n) is 11.4. The Morgan fingerprint density at radius 1 is 0.651 bits per heavy atom. The van der Waals surface area contributed by atoms with E-state index in [0.717, 1.165) is 50.9 Å². The Morgan fingerprint density at radius 2 is 1.44 bits per heavy atom. The van der Waals surface area contributed by atoms with Crippen molar-refractivity contribution in [2.24, 2.45) is 0 Å². The number of hydrogen-bond donors (Lipinski definition) is 0. The third kappa shape index (κ3) is 7.26. The van der Waals surface area contributed by atoms with Gasteiger partial charge < -0.3 is 14.4 Å². The Labute approximate surface area is 268 Å². The molecule has 0 saturated heterocycles. The molecule has 7 aromatic rings. The van der Waals surface area contributed by atoms with Crippen LogP contribution in [0.2, 0.25) is 19.6 Å². The average molecular weight is 753 g/mol. The van der Waals surface area contributed by atoms with E-state index in [9.17, 15) is 0 Å². The Kier molecular flexibility index (Phi) is 9.47. The molecule has 0 spiro atoms. The zero-order valence-electron chi connectivity index (χ0n) is 24.5. The number of pyridine rings is 2. The van der Waals surface area contributed by atoms with Gasteiger partial charge in [-0.2, -0.15) is 0 Å². The van der Waals surface area contributed by atoms with E-state index in [4.69, 9.17) is 4.42 Å². The third-order valence-corrected chi connectivity index (χ3v) is 9.30. The molecule has 0 unspecified atom stereocenters. The Balaban J connectivity index is 0.000000188. The molecule has 0 aliphatic rings. The van der Waals surface area contributed by atoms with Gasteiger partial charge in [0.15, 0.2) is 0 Å². The van der Waals surface area contributed by atoms with E-state index in [0.29, 0.717) is 0 Å². The number of rotatable bonds is 5. The molecule has 3 heterocycles. The first-order valence-corrected chi connectivity index (χ1v) is 17.7. The summed E-state index contributed by atoms with van der Waals surface area (Å²) in [6.07, 6.45) is 4.79. The third-order valence-electron chi connectivity index (χ3n) is 7.28. The van der Waals surface area contributed by atoms with Crippen molar-refractivity contribution >= 4 is 35.2 Å². The predicted octanol–water partition coefficient (Wildman–Crippen LogP) is 9.13. The largest absolute Gasteiger partial charge is 0.500 e. The average Bonchev–Trinajstić information content (AvgIpc) is 3.40. The minimum absolute atomic E-state index is 0. The first-order valence-electron chi connectivity index (χ1n) is 14.2. The Bertz CT molecular complexity index is 1930. The van der Waals surface area contributed by atoms with Crippen molar-refractivity contribution in [3.05, 3.63) is 151 Å². The van der Waals surface area contributed by atoms with Crippen LogP contribution >= 0.6 is 0 Å². The molecule has 5 heteroatoms. The Hall–Kier alpha value is -4.15. The maximum atomic E-state index is 5.89. The number of benzene rings is 4. The summed E-state index contributed by atoms with van der Waals surface area (Å²) in [4.78, 5) is 9.08. The minimum Gasteiger partial charge on any atom is -0.500 e. The molecule has 0 aliphatic carbocycles. The van der Waals surface area contributed by atoms with Crippen LogP contribution < -0.4 is 5.19 Å². The van der Waals surface area contributed by atoms with Gasteiger partial charge in [-0.05, 0) is 46.3 Å². The first kappa shape index (κ1) is 30.3. The van der Waals surface area contributed by atoms with E-state index < -0.39 is 8.07 Å². The molecule has 215 valence electrons. The summed E-state index contributed by atoms with van der Waals surface area (Å²) >= 11 is 0. The summed E-state index contributed by atoms with van der Waals surface area (Å²) in [6, 6.07) is 45.6. The van der Waals surface area contributed by atoms with Crippen molar-refractivity contribution in [3.8, 4) is 22.5 Å². The first-order chi connectivity index (χ1) is 20.4. The van der Waals surface area contributed by atoms with Gasteiger partial charge in [-0.15, -0.1) is 59.7 Å². The van der Waals surface area contributed by atoms with Crippen LogP contribution in [-0.4, -0.2) is 18.0 Å². The summed E-state index contributed by atoms with van der Waals surface area (Å²) in [5, 5.41) is 3.62. The van der Waals surface area contributed by atoms with Crippen molar-refractivity contribution < 1.29 is 24.5 Å². The fraction of sp³-hybridized carbons (Fsp3) is 0.105. The van der Waals surface area contributed by atoms with Crippen molar-refractivity contribution in [1.29, 1.82) is 0 Å². The van der Waals surface area contributed by atoms with Gasteiger partial charge in [-0.3, -0.25) is 0 Å². The van der Waals surface area contributed by atoms with Crippen LogP contribution in [0.3, 0.4) is 0 Å². The van der Waals surface area contributed by atoms with Gasteiger partial charge >= 0.3 is 0 Å². The van der Waals surface area contributed by atoms with Crippen LogP contribution in [0.5, 0.6) is 0 Å². The van der Waals surface area contributed by atoms with Crippen LogP contribution in [-0.2, 0) is 26.5 Å². The Morgan fingerprint density at radius 3 is 2.19 bits per heavy atom. The molecule has 4 aromatic carbocycles. The van der Waals surface area contributed by atoms with Crippen LogP contribution in [0.15, 0.2) is 132 Å². The van der Waals surface area contributed by atoms with Gasteiger partial charge in [0.2, 0.25) is 0 Å². The molecule has 3 nitrogen and oxygen atoms in total. The normalized spacial score (nSPS) is 11.0. The van der Waals surface area contributed by atoms with Gasteiger partial charge in [0.25, 0.3) is 0 Å². The second kappa shape index (κ2) is 13.4. The second-order valence-corrected chi connectivity index (χ2v) is 16.5. The van der Waals surface area contributed by atoms with Gasteiger partial charge in [-0.25, -0.2) is 0 Å². The maximum absolute atomic E-state index is 5.89. The van der Waals surface area contributed by atoms with Crippen molar-refractivity contribution in [2.45, 2.75) is 26.1 Å². The summed E-state index contributed by atoms with van der Waals surface area (Å²) < 4.78 is 5.89. The number of furan rings is 1.